The molecule has 2 fully saturated rings. The number of aromatic nitrogens is 1. The van der Waals surface area contributed by atoms with Gasteiger partial charge in [-0.25, -0.2) is 0 Å². The second kappa shape index (κ2) is 12.3. The standard InChI is InChI=1S/C45H41N5O/c51-50(34-22-19-31(20-23-34)40-28-39(30-11-3-1-4-12-30)47-45(48-40)32-13-5-2-6-14-32)43-24-21-33(27-37(43)38-29-46-26-25-44(38)50)49-41-17-9-7-15-35(41)36-16-8-10-18-42(36)49/h1-24,27,38-40,44-48H,25-26,28-29H2. The van der Waals surface area contributed by atoms with Crippen LogP contribution in [0.15, 0.2) is 152 Å². The minimum atomic E-state index is -0.408. The Morgan fingerprint density at radius 3 is 1.86 bits per heavy atom. The van der Waals surface area contributed by atoms with E-state index in [9.17, 15) is 0 Å². The van der Waals surface area contributed by atoms with E-state index in [0.717, 1.165) is 43.0 Å². The first-order chi connectivity index (χ1) is 25.2. The number of hydroxylamine groups is 1. The van der Waals surface area contributed by atoms with Gasteiger partial charge in [0.2, 0.25) is 0 Å². The Kier molecular flexibility index (Phi) is 7.41. The van der Waals surface area contributed by atoms with Gasteiger partial charge in [-0.3, -0.25) is 15.3 Å². The van der Waals surface area contributed by atoms with E-state index >= 15 is 5.21 Å². The molecule has 51 heavy (non-hydrogen) atoms. The number of hydrogen-bond acceptors (Lipinski definition) is 4. The predicted octanol–water partition coefficient (Wildman–Crippen LogP) is 9.44. The van der Waals surface area contributed by atoms with E-state index in [2.05, 4.69) is 172 Å². The Bertz CT molecular complexity index is 2250. The van der Waals surface area contributed by atoms with E-state index in [1.807, 2.05) is 0 Å². The van der Waals surface area contributed by atoms with Crippen molar-refractivity contribution in [2.24, 2.45) is 0 Å². The second-order valence-corrected chi connectivity index (χ2v) is 14.5. The van der Waals surface area contributed by atoms with Crippen LogP contribution >= 0.6 is 0 Å². The van der Waals surface area contributed by atoms with Crippen LogP contribution in [0.1, 0.15) is 59.3 Å². The lowest BCUT2D eigenvalue weighted by atomic mass is 9.89. The molecule has 4 heterocycles. The van der Waals surface area contributed by atoms with Crippen molar-refractivity contribution in [1.29, 1.82) is 0 Å². The van der Waals surface area contributed by atoms with Gasteiger partial charge in [-0.1, -0.05) is 109 Å². The van der Waals surface area contributed by atoms with E-state index in [1.165, 1.54) is 44.1 Å². The van der Waals surface area contributed by atoms with E-state index in [1.54, 1.807) is 0 Å². The lowest BCUT2D eigenvalue weighted by Gasteiger charge is -2.46. The predicted molar refractivity (Wildman–Crippen MR) is 208 cm³/mol. The van der Waals surface area contributed by atoms with Gasteiger partial charge in [0.05, 0.1) is 23.1 Å². The number of quaternary nitrogens is 1. The summed E-state index contributed by atoms with van der Waals surface area (Å²) in [6, 6.07) is 54.0. The van der Waals surface area contributed by atoms with E-state index < -0.39 is 4.65 Å². The molecular weight excluding hydrogens is 627 g/mol. The minimum Gasteiger partial charge on any atom is -0.622 e. The molecule has 10 rings (SSSR count). The molecule has 0 aliphatic carbocycles. The second-order valence-electron chi connectivity index (χ2n) is 14.5. The monoisotopic (exact) mass is 667 g/mol. The van der Waals surface area contributed by atoms with Crippen LogP contribution in [-0.2, 0) is 0 Å². The summed E-state index contributed by atoms with van der Waals surface area (Å²) in [5.41, 5.74) is 10.0. The summed E-state index contributed by atoms with van der Waals surface area (Å²) in [4.78, 5) is 0. The van der Waals surface area contributed by atoms with E-state index in [-0.39, 0.29) is 30.2 Å². The van der Waals surface area contributed by atoms with Crippen molar-refractivity contribution in [3.8, 4) is 5.69 Å². The first kappa shape index (κ1) is 30.7. The van der Waals surface area contributed by atoms with Crippen molar-refractivity contribution >= 4 is 33.2 Å². The summed E-state index contributed by atoms with van der Waals surface area (Å²) >= 11 is 0. The summed E-state index contributed by atoms with van der Waals surface area (Å²) in [5.74, 6) is 0.142. The highest BCUT2D eigenvalue weighted by atomic mass is 16.6. The average Bonchev–Trinajstić information content (AvgIpc) is 3.68. The zero-order chi connectivity index (χ0) is 33.9. The normalized spacial score (nSPS) is 25.9. The highest BCUT2D eigenvalue weighted by molar-refractivity contribution is 6.09. The van der Waals surface area contributed by atoms with E-state index in [0.29, 0.717) is 0 Å². The van der Waals surface area contributed by atoms with Gasteiger partial charge in [0.25, 0.3) is 0 Å². The first-order valence-corrected chi connectivity index (χ1v) is 18.3. The fourth-order valence-electron chi connectivity index (χ4n) is 9.33. The SMILES string of the molecule is [O-][N+]1(c2ccc(C3CC(c4ccccc4)NC(c4ccccc4)N3)cc2)c2ccc(-n3c4ccccc4c4ccccc43)cc2C2CNCCC21. The number of fused-ring (bicyclic) bond motifs is 6. The minimum absolute atomic E-state index is 0.0115. The summed E-state index contributed by atoms with van der Waals surface area (Å²) in [5, 5.41) is 29.4. The van der Waals surface area contributed by atoms with Gasteiger partial charge < -0.3 is 15.1 Å². The maximum atomic E-state index is 15.6. The molecule has 0 amide bonds. The molecule has 3 N–H and O–H groups in total. The Balaban J connectivity index is 1.02. The van der Waals surface area contributed by atoms with Crippen LogP contribution in [0.5, 0.6) is 0 Å². The Morgan fingerprint density at radius 2 is 1.20 bits per heavy atom. The highest BCUT2D eigenvalue weighted by Crippen LogP contribution is 2.53. The third-order valence-corrected chi connectivity index (χ3v) is 11.7. The zero-order valence-corrected chi connectivity index (χ0v) is 28.5. The van der Waals surface area contributed by atoms with Crippen LogP contribution in [0, 0.1) is 5.21 Å². The summed E-state index contributed by atoms with van der Waals surface area (Å²) in [6.45, 7) is 1.67. The maximum absolute atomic E-state index is 15.6. The van der Waals surface area contributed by atoms with Crippen LogP contribution in [-0.4, -0.2) is 23.7 Å². The molecule has 2 saturated heterocycles. The molecular formula is C45H41N5O. The van der Waals surface area contributed by atoms with Crippen LogP contribution in [0.4, 0.5) is 11.4 Å². The van der Waals surface area contributed by atoms with Crippen molar-refractivity contribution in [2.75, 3.05) is 13.1 Å². The lowest BCUT2D eigenvalue weighted by molar-refractivity contribution is 0.247. The molecule has 3 aliphatic heterocycles. The Hall–Kier alpha value is -5.08. The number of benzene rings is 6. The zero-order valence-electron chi connectivity index (χ0n) is 28.5. The Labute approximate surface area is 298 Å². The number of hydrogen-bond donors (Lipinski definition) is 3. The fraction of sp³-hybridized carbons (Fsp3) is 0.200. The van der Waals surface area contributed by atoms with Crippen LogP contribution < -0.4 is 20.6 Å². The molecule has 6 heteroatoms. The molecule has 6 atom stereocenters. The lowest BCUT2D eigenvalue weighted by Crippen LogP contribution is -2.51. The molecule has 0 saturated carbocycles. The van der Waals surface area contributed by atoms with Crippen LogP contribution in [0.25, 0.3) is 27.5 Å². The van der Waals surface area contributed by atoms with Gasteiger partial charge in [-0.05, 0) is 47.4 Å². The van der Waals surface area contributed by atoms with Crippen molar-refractivity contribution < 1.29 is 0 Å². The molecule has 3 aliphatic rings. The number of para-hydroxylation sites is 2. The average molecular weight is 668 g/mol. The van der Waals surface area contributed by atoms with Crippen LogP contribution in [0.3, 0.4) is 0 Å². The van der Waals surface area contributed by atoms with Gasteiger partial charge in [0, 0.05) is 71.8 Å². The fourth-order valence-corrected chi connectivity index (χ4v) is 9.33. The quantitative estimate of drug-likeness (QED) is 0.126. The smallest absolute Gasteiger partial charge is 0.142 e. The van der Waals surface area contributed by atoms with Crippen molar-refractivity contribution in [3.63, 3.8) is 0 Å². The molecule has 7 aromatic rings. The molecule has 0 bridgehead atoms. The highest BCUT2D eigenvalue weighted by Gasteiger charge is 2.50. The van der Waals surface area contributed by atoms with Gasteiger partial charge in [0.15, 0.2) is 0 Å². The molecule has 1 aromatic heterocycles. The summed E-state index contributed by atoms with van der Waals surface area (Å²) in [6.07, 6.45) is 1.76. The summed E-state index contributed by atoms with van der Waals surface area (Å²) in [7, 11) is 0. The molecule has 0 radical (unpaired) electrons. The first-order valence-electron chi connectivity index (χ1n) is 18.3. The van der Waals surface area contributed by atoms with Gasteiger partial charge >= 0.3 is 0 Å². The number of piperidine rings is 1. The molecule has 0 spiro atoms. The third-order valence-electron chi connectivity index (χ3n) is 11.7. The number of nitrogens with one attached hydrogen (secondary N) is 3. The van der Waals surface area contributed by atoms with E-state index in [4.69, 9.17) is 0 Å². The maximum Gasteiger partial charge on any atom is 0.142 e. The number of rotatable bonds is 5. The molecule has 6 unspecified atom stereocenters. The van der Waals surface area contributed by atoms with Crippen LogP contribution in [0.2, 0.25) is 0 Å². The van der Waals surface area contributed by atoms with Gasteiger partial charge in [-0.15, -0.1) is 0 Å². The Morgan fingerprint density at radius 1 is 0.608 bits per heavy atom. The van der Waals surface area contributed by atoms with Gasteiger partial charge in [0.1, 0.15) is 17.4 Å². The third kappa shape index (κ3) is 4.98. The summed E-state index contributed by atoms with van der Waals surface area (Å²) < 4.78 is 1.95. The van der Waals surface area contributed by atoms with Gasteiger partial charge in [-0.2, -0.15) is 0 Å². The molecule has 6 nitrogen and oxygen atoms in total. The molecule has 6 aromatic carbocycles. The number of nitrogens with zero attached hydrogens (tertiary/aromatic N) is 2. The van der Waals surface area contributed by atoms with Crippen molar-refractivity contribution in [3.05, 3.63) is 179 Å². The van der Waals surface area contributed by atoms with Crippen molar-refractivity contribution in [1.82, 2.24) is 25.2 Å². The molecule has 252 valence electrons. The van der Waals surface area contributed by atoms with Crippen molar-refractivity contribution in [2.45, 2.75) is 43.1 Å². The topological polar surface area (TPSA) is 64.1 Å². The largest absolute Gasteiger partial charge is 0.622 e.